The fourth-order valence-corrected chi connectivity index (χ4v) is 1.61. The molecule has 0 heterocycles. The van der Waals surface area contributed by atoms with E-state index in [0.29, 0.717) is 4.43 Å². The van der Waals surface area contributed by atoms with E-state index in [1.165, 1.54) is 0 Å². The topological polar surface area (TPSA) is 63.3 Å². The molecule has 0 aliphatic carbocycles. The van der Waals surface area contributed by atoms with Gasteiger partial charge in [0.2, 0.25) is 0 Å². The van der Waals surface area contributed by atoms with Gasteiger partial charge in [0, 0.05) is 10.5 Å². The summed E-state index contributed by atoms with van der Waals surface area (Å²) in [4.78, 5) is 10.3. The van der Waals surface area contributed by atoms with Crippen molar-refractivity contribution in [1.29, 1.82) is 0 Å². The van der Waals surface area contributed by atoms with Gasteiger partial charge in [-0.25, -0.2) is 0 Å². The van der Waals surface area contributed by atoms with Crippen molar-refractivity contribution in [2.24, 2.45) is 11.7 Å². The number of carboxylic acids is 1. The van der Waals surface area contributed by atoms with Crippen LogP contribution < -0.4 is 5.73 Å². The average Bonchev–Trinajstić information content (AvgIpc) is 1.64. The third-order valence-electron chi connectivity index (χ3n) is 1.12. The number of carbonyl (C=O) groups is 1. The Labute approximate surface area is 67.8 Å². The van der Waals surface area contributed by atoms with Crippen LogP contribution in [0.4, 0.5) is 0 Å². The van der Waals surface area contributed by atoms with Gasteiger partial charge < -0.3 is 10.8 Å². The molecule has 54 valence electrons. The Morgan fingerprint density at radius 2 is 2.33 bits per heavy atom. The number of alkyl halides is 1. The Bertz CT molecular complexity index is 105. The van der Waals surface area contributed by atoms with Crippen molar-refractivity contribution in [2.45, 2.75) is 13.0 Å². The van der Waals surface area contributed by atoms with E-state index in [4.69, 9.17) is 10.8 Å². The first-order valence-electron chi connectivity index (χ1n) is 2.64. The average molecular weight is 243 g/mol. The summed E-state index contributed by atoms with van der Waals surface area (Å²) in [5, 5.41) is 8.46. The monoisotopic (exact) mass is 243 g/mol. The molecule has 0 unspecified atom stereocenters. The molecule has 0 amide bonds. The minimum Gasteiger partial charge on any atom is -0.481 e. The van der Waals surface area contributed by atoms with Crippen LogP contribution in [-0.4, -0.2) is 21.5 Å². The maximum atomic E-state index is 10.3. The van der Waals surface area contributed by atoms with Crippen LogP contribution in [0, 0.1) is 5.92 Å². The second-order valence-electron chi connectivity index (χ2n) is 1.96. The third kappa shape index (κ3) is 3.00. The van der Waals surface area contributed by atoms with Gasteiger partial charge in [-0.1, -0.05) is 22.6 Å². The van der Waals surface area contributed by atoms with Crippen LogP contribution in [-0.2, 0) is 4.79 Å². The molecule has 2 atom stereocenters. The maximum Gasteiger partial charge on any atom is 0.308 e. The van der Waals surface area contributed by atoms with Gasteiger partial charge in [-0.2, -0.15) is 0 Å². The zero-order valence-electron chi connectivity index (χ0n) is 5.17. The molecule has 0 radical (unpaired) electrons. The smallest absolute Gasteiger partial charge is 0.308 e. The molecule has 0 fully saturated rings. The molecule has 3 N–H and O–H groups in total. The molecule has 3 nitrogen and oxygen atoms in total. The lowest BCUT2D eigenvalue weighted by Crippen LogP contribution is -2.33. The number of hydrogen-bond donors (Lipinski definition) is 2. The van der Waals surface area contributed by atoms with E-state index in [1.54, 1.807) is 6.92 Å². The molecule has 0 bridgehead atoms. The SMILES string of the molecule is C[C@H](N)[C@@H](CI)C(=O)O. The van der Waals surface area contributed by atoms with Crippen LogP contribution in [0.5, 0.6) is 0 Å². The van der Waals surface area contributed by atoms with E-state index in [-0.39, 0.29) is 6.04 Å². The Morgan fingerprint density at radius 1 is 1.89 bits per heavy atom. The Kier molecular flexibility index (Phi) is 4.12. The lowest BCUT2D eigenvalue weighted by atomic mass is 10.1. The normalized spacial score (nSPS) is 16.8. The number of aliphatic carboxylic acids is 1. The Morgan fingerprint density at radius 3 is 2.33 bits per heavy atom. The van der Waals surface area contributed by atoms with E-state index in [1.807, 2.05) is 22.6 Å². The van der Waals surface area contributed by atoms with Gasteiger partial charge in [0.25, 0.3) is 0 Å². The molecule has 0 rings (SSSR count). The van der Waals surface area contributed by atoms with E-state index in [9.17, 15) is 4.79 Å². The lowest BCUT2D eigenvalue weighted by Gasteiger charge is -2.11. The summed E-state index contributed by atoms with van der Waals surface area (Å²) in [5.41, 5.74) is 5.36. The van der Waals surface area contributed by atoms with E-state index in [2.05, 4.69) is 0 Å². The molecule has 0 saturated heterocycles. The minimum atomic E-state index is -0.806. The predicted molar refractivity (Wildman–Crippen MR) is 43.7 cm³/mol. The summed E-state index contributed by atoms with van der Waals surface area (Å²) < 4.78 is 0.574. The Balaban J connectivity index is 3.83. The molecule has 0 saturated carbocycles. The maximum absolute atomic E-state index is 10.3. The van der Waals surface area contributed by atoms with Crippen LogP contribution in [0.3, 0.4) is 0 Å². The molecule has 0 aliphatic heterocycles. The number of rotatable bonds is 3. The van der Waals surface area contributed by atoms with E-state index < -0.39 is 11.9 Å². The largest absolute Gasteiger partial charge is 0.481 e. The van der Waals surface area contributed by atoms with E-state index >= 15 is 0 Å². The molecule has 0 aromatic rings. The predicted octanol–water partition coefficient (Wildman–Crippen LogP) is 0.469. The zero-order chi connectivity index (χ0) is 7.44. The van der Waals surface area contributed by atoms with Gasteiger partial charge in [0.05, 0.1) is 5.92 Å². The molecule has 0 aromatic carbocycles. The first kappa shape index (κ1) is 9.16. The molecule has 0 aromatic heterocycles. The third-order valence-corrected chi connectivity index (χ3v) is 2.07. The Hall–Kier alpha value is 0.160. The highest BCUT2D eigenvalue weighted by Gasteiger charge is 2.19. The molecular weight excluding hydrogens is 233 g/mol. The fourth-order valence-electron chi connectivity index (χ4n) is 0.431. The van der Waals surface area contributed by atoms with Gasteiger partial charge in [0.15, 0.2) is 0 Å². The summed E-state index contributed by atoms with van der Waals surface area (Å²) in [5.74, 6) is -1.20. The first-order chi connectivity index (χ1) is 4.09. The van der Waals surface area contributed by atoms with Crippen LogP contribution in [0.1, 0.15) is 6.92 Å². The number of hydrogen-bond acceptors (Lipinski definition) is 2. The van der Waals surface area contributed by atoms with Crippen molar-refractivity contribution in [1.82, 2.24) is 0 Å². The van der Waals surface area contributed by atoms with Gasteiger partial charge in [-0.15, -0.1) is 0 Å². The standard InChI is InChI=1S/C5H10INO2/c1-3(7)4(2-6)5(8)9/h3-4H,2,7H2,1H3,(H,8,9)/t3-,4+/m0/s1. The molecule has 0 spiro atoms. The highest BCUT2D eigenvalue weighted by atomic mass is 127. The molecule has 4 heteroatoms. The van der Waals surface area contributed by atoms with Crippen molar-refractivity contribution in [3.8, 4) is 0 Å². The number of carboxylic acid groups (broad SMARTS) is 1. The first-order valence-corrected chi connectivity index (χ1v) is 4.16. The highest BCUT2D eigenvalue weighted by molar-refractivity contribution is 14.1. The van der Waals surface area contributed by atoms with E-state index in [0.717, 1.165) is 0 Å². The van der Waals surface area contributed by atoms with Crippen LogP contribution in [0.15, 0.2) is 0 Å². The number of nitrogens with two attached hydrogens (primary N) is 1. The fraction of sp³-hybridized carbons (Fsp3) is 0.800. The highest BCUT2D eigenvalue weighted by Crippen LogP contribution is 2.05. The number of halogens is 1. The second-order valence-corrected chi connectivity index (χ2v) is 2.84. The summed E-state index contributed by atoms with van der Waals surface area (Å²) in [6.07, 6.45) is 0. The van der Waals surface area contributed by atoms with Gasteiger partial charge in [0.1, 0.15) is 0 Å². The van der Waals surface area contributed by atoms with Crippen LogP contribution in [0.25, 0.3) is 0 Å². The molecule has 9 heavy (non-hydrogen) atoms. The minimum absolute atomic E-state index is 0.251. The summed E-state index contributed by atoms with van der Waals surface area (Å²) >= 11 is 2.02. The lowest BCUT2D eigenvalue weighted by molar-refractivity contribution is -0.141. The van der Waals surface area contributed by atoms with Gasteiger partial charge in [-0.3, -0.25) is 4.79 Å². The quantitative estimate of drug-likeness (QED) is 0.559. The molecular formula is C5H10INO2. The van der Waals surface area contributed by atoms with Crippen molar-refractivity contribution in [3.63, 3.8) is 0 Å². The van der Waals surface area contributed by atoms with Crippen molar-refractivity contribution >= 4 is 28.6 Å². The van der Waals surface area contributed by atoms with Crippen molar-refractivity contribution < 1.29 is 9.90 Å². The molecule has 0 aliphatic rings. The van der Waals surface area contributed by atoms with Crippen molar-refractivity contribution in [2.75, 3.05) is 4.43 Å². The van der Waals surface area contributed by atoms with Crippen LogP contribution >= 0.6 is 22.6 Å². The van der Waals surface area contributed by atoms with Gasteiger partial charge >= 0.3 is 5.97 Å². The summed E-state index contributed by atoms with van der Waals surface area (Å²) in [7, 11) is 0. The zero-order valence-corrected chi connectivity index (χ0v) is 7.33. The van der Waals surface area contributed by atoms with Crippen LogP contribution in [0.2, 0.25) is 0 Å². The second kappa shape index (κ2) is 4.05. The van der Waals surface area contributed by atoms with Gasteiger partial charge in [-0.05, 0) is 6.92 Å². The summed E-state index contributed by atoms with van der Waals surface area (Å²) in [6, 6.07) is -0.251. The van der Waals surface area contributed by atoms with Crippen molar-refractivity contribution in [3.05, 3.63) is 0 Å². The summed E-state index contributed by atoms with van der Waals surface area (Å²) in [6.45, 7) is 1.71.